The van der Waals surface area contributed by atoms with Crippen LogP contribution >= 0.6 is 0 Å². The van der Waals surface area contributed by atoms with Crippen molar-refractivity contribution >= 4 is 5.91 Å². The molecule has 1 N–H and O–H groups in total. The monoisotopic (exact) mass is 241 g/mol. The average molecular weight is 241 g/mol. The van der Waals surface area contributed by atoms with Crippen LogP contribution < -0.4 is 0 Å². The minimum absolute atomic E-state index is 0.0459. The number of halogens is 1. The summed E-state index contributed by atoms with van der Waals surface area (Å²) < 4.78 is 17.9. The molecule has 0 aromatic heterocycles. The standard InChI is InChI=1S/C12H16FNO3/c1-8(7-17-3)14(2)12(16)10-6-9(13)4-5-11(10)15/h4-6,8,15H,7H2,1-3H3. The minimum atomic E-state index is -0.557. The third kappa shape index (κ3) is 3.17. The fourth-order valence-electron chi connectivity index (χ4n) is 1.42. The van der Waals surface area contributed by atoms with E-state index in [1.807, 2.05) is 0 Å². The molecule has 1 unspecified atom stereocenters. The molecule has 1 atom stereocenters. The van der Waals surface area contributed by atoms with Gasteiger partial charge in [0, 0.05) is 14.2 Å². The molecule has 0 aliphatic rings. The quantitative estimate of drug-likeness (QED) is 0.871. The molecule has 0 radical (unpaired) electrons. The Morgan fingerprint density at radius 3 is 2.82 bits per heavy atom. The summed E-state index contributed by atoms with van der Waals surface area (Å²) in [5.41, 5.74) is -0.0459. The third-order valence-electron chi connectivity index (χ3n) is 2.58. The normalized spacial score (nSPS) is 12.2. The average Bonchev–Trinajstić information content (AvgIpc) is 2.30. The van der Waals surface area contributed by atoms with Gasteiger partial charge in [0.2, 0.25) is 0 Å². The molecule has 1 aromatic rings. The first-order chi connectivity index (χ1) is 7.97. The Kier molecular flexibility index (Phi) is 4.45. The Labute approximate surface area is 99.6 Å². The number of carbonyl (C=O) groups excluding carboxylic acids is 1. The Balaban J connectivity index is 2.92. The van der Waals surface area contributed by atoms with E-state index in [1.54, 1.807) is 14.0 Å². The maximum atomic E-state index is 13.0. The maximum absolute atomic E-state index is 13.0. The first kappa shape index (κ1) is 13.4. The van der Waals surface area contributed by atoms with Gasteiger partial charge in [0.25, 0.3) is 5.91 Å². The number of likely N-dealkylation sites (N-methyl/N-ethyl adjacent to an activating group) is 1. The zero-order chi connectivity index (χ0) is 13.0. The summed E-state index contributed by atoms with van der Waals surface area (Å²) in [5.74, 6) is -1.22. The molecular weight excluding hydrogens is 225 g/mol. The molecule has 0 fully saturated rings. The van der Waals surface area contributed by atoms with Crippen LogP contribution in [-0.2, 0) is 4.74 Å². The van der Waals surface area contributed by atoms with Crippen LogP contribution in [0.5, 0.6) is 5.75 Å². The molecule has 1 rings (SSSR count). The molecule has 1 aromatic carbocycles. The summed E-state index contributed by atoms with van der Waals surface area (Å²) >= 11 is 0. The number of nitrogens with zero attached hydrogens (tertiary/aromatic N) is 1. The zero-order valence-electron chi connectivity index (χ0n) is 10.1. The Bertz CT molecular complexity index is 409. The molecule has 5 heteroatoms. The number of phenols is 1. The summed E-state index contributed by atoms with van der Waals surface area (Å²) in [4.78, 5) is 13.4. The van der Waals surface area contributed by atoms with E-state index in [9.17, 15) is 14.3 Å². The first-order valence-corrected chi connectivity index (χ1v) is 5.22. The number of methoxy groups -OCH3 is 1. The van der Waals surface area contributed by atoms with Crippen LogP contribution in [0.3, 0.4) is 0 Å². The molecule has 17 heavy (non-hydrogen) atoms. The second-order valence-electron chi connectivity index (χ2n) is 3.88. The van der Waals surface area contributed by atoms with Crippen LogP contribution in [0.2, 0.25) is 0 Å². The predicted molar refractivity (Wildman–Crippen MR) is 61.5 cm³/mol. The lowest BCUT2D eigenvalue weighted by atomic mass is 10.1. The second-order valence-corrected chi connectivity index (χ2v) is 3.88. The number of amides is 1. The molecule has 0 bridgehead atoms. The van der Waals surface area contributed by atoms with Crippen molar-refractivity contribution < 1.29 is 19.0 Å². The number of hydrogen-bond acceptors (Lipinski definition) is 3. The van der Waals surface area contributed by atoms with E-state index in [1.165, 1.54) is 12.0 Å². The van der Waals surface area contributed by atoms with E-state index >= 15 is 0 Å². The minimum Gasteiger partial charge on any atom is -0.507 e. The fourth-order valence-corrected chi connectivity index (χ4v) is 1.42. The lowest BCUT2D eigenvalue weighted by Crippen LogP contribution is -2.37. The van der Waals surface area contributed by atoms with Gasteiger partial charge in [-0.2, -0.15) is 0 Å². The lowest BCUT2D eigenvalue weighted by Gasteiger charge is -2.24. The van der Waals surface area contributed by atoms with E-state index < -0.39 is 11.7 Å². The smallest absolute Gasteiger partial charge is 0.257 e. The summed E-state index contributed by atoms with van der Waals surface area (Å²) in [6.07, 6.45) is 0. The molecule has 0 heterocycles. The van der Waals surface area contributed by atoms with Gasteiger partial charge in [-0.05, 0) is 25.1 Å². The predicted octanol–water partition coefficient (Wildman–Crippen LogP) is 1.64. The number of aromatic hydroxyl groups is 1. The van der Waals surface area contributed by atoms with E-state index in [0.29, 0.717) is 6.61 Å². The maximum Gasteiger partial charge on any atom is 0.257 e. The Morgan fingerprint density at radius 1 is 1.59 bits per heavy atom. The van der Waals surface area contributed by atoms with Crippen molar-refractivity contribution in [2.75, 3.05) is 20.8 Å². The topological polar surface area (TPSA) is 49.8 Å². The SMILES string of the molecule is COCC(C)N(C)C(=O)c1cc(F)ccc1O. The van der Waals surface area contributed by atoms with Gasteiger partial charge < -0.3 is 14.7 Å². The van der Waals surface area contributed by atoms with Crippen molar-refractivity contribution in [3.05, 3.63) is 29.6 Å². The summed E-state index contributed by atoms with van der Waals surface area (Å²) in [6.45, 7) is 2.18. The first-order valence-electron chi connectivity index (χ1n) is 5.22. The van der Waals surface area contributed by atoms with Crippen molar-refractivity contribution in [1.29, 1.82) is 0 Å². The lowest BCUT2D eigenvalue weighted by molar-refractivity contribution is 0.0630. The highest BCUT2D eigenvalue weighted by molar-refractivity contribution is 5.96. The summed E-state index contributed by atoms with van der Waals surface area (Å²) in [7, 11) is 3.12. The van der Waals surface area contributed by atoms with Gasteiger partial charge in [0.05, 0.1) is 18.2 Å². The number of rotatable bonds is 4. The van der Waals surface area contributed by atoms with Crippen molar-refractivity contribution in [3.8, 4) is 5.75 Å². The number of benzene rings is 1. The number of phenolic OH excluding ortho intramolecular Hbond substituents is 1. The van der Waals surface area contributed by atoms with Gasteiger partial charge in [-0.25, -0.2) is 4.39 Å². The van der Waals surface area contributed by atoms with Crippen LogP contribution in [-0.4, -0.2) is 42.7 Å². The van der Waals surface area contributed by atoms with Crippen molar-refractivity contribution in [1.82, 2.24) is 4.90 Å². The Morgan fingerprint density at radius 2 is 2.24 bits per heavy atom. The molecular formula is C12H16FNO3. The fraction of sp³-hybridized carbons (Fsp3) is 0.417. The summed E-state index contributed by atoms with van der Waals surface area (Å²) in [6, 6.07) is 3.13. The summed E-state index contributed by atoms with van der Waals surface area (Å²) in [5, 5.41) is 9.52. The van der Waals surface area contributed by atoms with E-state index in [4.69, 9.17) is 4.74 Å². The van der Waals surface area contributed by atoms with Gasteiger partial charge in [-0.3, -0.25) is 4.79 Å². The van der Waals surface area contributed by atoms with Gasteiger partial charge in [0.1, 0.15) is 11.6 Å². The van der Waals surface area contributed by atoms with Gasteiger partial charge in [-0.15, -0.1) is 0 Å². The van der Waals surface area contributed by atoms with Crippen LogP contribution in [0, 0.1) is 5.82 Å². The molecule has 1 amide bonds. The highest BCUT2D eigenvalue weighted by Crippen LogP contribution is 2.20. The molecule has 0 saturated carbocycles. The van der Waals surface area contributed by atoms with E-state index in [2.05, 4.69) is 0 Å². The largest absolute Gasteiger partial charge is 0.507 e. The van der Waals surface area contributed by atoms with Crippen LogP contribution in [0.1, 0.15) is 17.3 Å². The molecule has 0 saturated heterocycles. The van der Waals surface area contributed by atoms with Crippen molar-refractivity contribution in [2.45, 2.75) is 13.0 Å². The van der Waals surface area contributed by atoms with Gasteiger partial charge >= 0.3 is 0 Å². The van der Waals surface area contributed by atoms with Crippen LogP contribution in [0.4, 0.5) is 4.39 Å². The molecule has 94 valence electrons. The third-order valence-corrected chi connectivity index (χ3v) is 2.58. The van der Waals surface area contributed by atoms with Gasteiger partial charge in [0.15, 0.2) is 0 Å². The van der Waals surface area contributed by atoms with Crippen molar-refractivity contribution in [2.24, 2.45) is 0 Å². The zero-order valence-corrected chi connectivity index (χ0v) is 10.1. The highest BCUT2D eigenvalue weighted by atomic mass is 19.1. The van der Waals surface area contributed by atoms with E-state index in [-0.39, 0.29) is 17.4 Å². The van der Waals surface area contributed by atoms with Crippen molar-refractivity contribution in [3.63, 3.8) is 0 Å². The second kappa shape index (κ2) is 5.63. The molecule has 4 nitrogen and oxygen atoms in total. The number of hydrogen-bond donors (Lipinski definition) is 1. The molecule has 0 aliphatic carbocycles. The van der Waals surface area contributed by atoms with Gasteiger partial charge in [-0.1, -0.05) is 0 Å². The highest BCUT2D eigenvalue weighted by Gasteiger charge is 2.20. The van der Waals surface area contributed by atoms with Crippen LogP contribution in [0.15, 0.2) is 18.2 Å². The molecule has 0 spiro atoms. The number of ether oxygens (including phenoxy) is 1. The molecule has 0 aliphatic heterocycles. The Hall–Kier alpha value is -1.62. The van der Waals surface area contributed by atoms with E-state index in [0.717, 1.165) is 18.2 Å². The van der Waals surface area contributed by atoms with Crippen LogP contribution in [0.25, 0.3) is 0 Å². The number of carbonyl (C=O) groups is 1.